The predicted molar refractivity (Wildman–Crippen MR) is 157 cm³/mol. The SMILES string of the molecule is Cc1cc(C#N)cc(C(=O)NCc2cccc(OC(F)(F)F)c2)c1CC(=O)c1cc(Cn2nnc(C(F)(F)F)n2)nn1-c1ncccc1Cl. The van der Waals surface area contributed by atoms with Crippen LogP contribution in [0.25, 0.3) is 5.82 Å². The molecule has 0 saturated heterocycles. The third kappa shape index (κ3) is 8.37. The van der Waals surface area contributed by atoms with Gasteiger partial charge < -0.3 is 10.1 Å². The smallest absolute Gasteiger partial charge is 0.406 e. The minimum Gasteiger partial charge on any atom is -0.406 e. The van der Waals surface area contributed by atoms with E-state index >= 15 is 0 Å². The van der Waals surface area contributed by atoms with Gasteiger partial charge in [-0.05, 0) is 71.3 Å². The van der Waals surface area contributed by atoms with E-state index in [1.807, 2.05) is 6.07 Å². The molecule has 5 aromatic rings. The number of alkyl halides is 6. The first kappa shape index (κ1) is 34.5. The number of nitrogens with one attached hydrogen (secondary N) is 1. The van der Waals surface area contributed by atoms with Crippen LogP contribution in [-0.2, 0) is 25.7 Å². The molecule has 12 nitrogen and oxygen atoms in total. The van der Waals surface area contributed by atoms with Crippen LogP contribution in [-0.4, -0.2) is 53.0 Å². The molecule has 1 N–H and O–H groups in total. The summed E-state index contributed by atoms with van der Waals surface area (Å²) in [5, 5.41) is 26.2. The van der Waals surface area contributed by atoms with Crippen molar-refractivity contribution >= 4 is 23.3 Å². The number of carbonyl (C=O) groups is 2. The quantitative estimate of drug-likeness (QED) is 0.149. The fraction of sp³-hybridized carbons (Fsp3) is 0.200. The molecule has 0 aliphatic heterocycles. The zero-order valence-corrected chi connectivity index (χ0v) is 25.6. The van der Waals surface area contributed by atoms with E-state index in [4.69, 9.17) is 11.6 Å². The van der Waals surface area contributed by atoms with Gasteiger partial charge in [0.15, 0.2) is 11.6 Å². The first-order valence-corrected chi connectivity index (χ1v) is 14.2. The first-order valence-electron chi connectivity index (χ1n) is 13.9. The van der Waals surface area contributed by atoms with Gasteiger partial charge in [0.2, 0.25) is 0 Å². The number of benzene rings is 2. The fourth-order valence-corrected chi connectivity index (χ4v) is 4.87. The van der Waals surface area contributed by atoms with Crippen LogP contribution in [0.1, 0.15) is 54.6 Å². The first-order chi connectivity index (χ1) is 23.1. The van der Waals surface area contributed by atoms with Crippen LogP contribution in [0.5, 0.6) is 5.75 Å². The summed E-state index contributed by atoms with van der Waals surface area (Å²) >= 11 is 6.32. The van der Waals surface area contributed by atoms with E-state index in [1.165, 1.54) is 48.7 Å². The van der Waals surface area contributed by atoms with Gasteiger partial charge in [-0.25, -0.2) is 9.67 Å². The number of hydrogen-bond acceptors (Lipinski definition) is 9. The number of aromatic nitrogens is 7. The molecule has 0 fully saturated rings. The number of hydrogen-bond donors (Lipinski definition) is 1. The second-order valence-electron chi connectivity index (χ2n) is 10.3. The maximum Gasteiger partial charge on any atom is 0.573 e. The molecule has 0 radical (unpaired) electrons. The standard InChI is InChI=1S/C30H20ClF6N9O3/c1-16-8-18(13-38)10-22(27(48)40-14-17-4-2-5-20(9-17)49-30(35,36)37)21(16)12-25(47)24-11-19(15-45-43-28(41-44-45)29(32,33)34)42-46(24)26-23(31)6-3-7-39-26/h2-11H,12,14-15H2,1H3,(H,40,48). The van der Waals surface area contributed by atoms with Crippen molar-refractivity contribution < 1.29 is 40.7 Å². The van der Waals surface area contributed by atoms with Gasteiger partial charge in [0.05, 0.1) is 22.3 Å². The zero-order chi connectivity index (χ0) is 35.5. The Morgan fingerprint density at radius 3 is 2.49 bits per heavy atom. The Labute approximate surface area is 276 Å². The van der Waals surface area contributed by atoms with E-state index in [0.29, 0.717) is 10.4 Å². The van der Waals surface area contributed by atoms with Crippen molar-refractivity contribution in [1.29, 1.82) is 5.26 Å². The number of aryl methyl sites for hydroxylation is 1. The number of ether oxygens (including phenoxy) is 1. The van der Waals surface area contributed by atoms with E-state index in [9.17, 15) is 41.2 Å². The third-order valence-corrected chi connectivity index (χ3v) is 7.06. The molecule has 0 atom stereocenters. The average molecular weight is 704 g/mol. The highest BCUT2D eigenvalue weighted by molar-refractivity contribution is 6.32. The summed E-state index contributed by atoms with van der Waals surface area (Å²) in [6.45, 7) is 0.933. The Bertz CT molecular complexity index is 2090. The Morgan fingerprint density at radius 2 is 1.82 bits per heavy atom. The van der Waals surface area contributed by atoms with Crippen LogP contribution in [0.3, 0.4) is 0 Å². The number of pyridine rings is 1. The van der Waals surface area contributed by atoms with Gasteiger partial charge in [-0.3, -0.25) is 9.59 Å². The number of rotatable bonds is 10. The molecule has 0 bridgehead atoms. The van der Waals surface area contributed by atoms with Crippen molar-refractivity contribution in [1.82, 2.24) is 40.3 Å². The Kier molecular flexibility index (Phi) is 9.66. The molecule has 3 heterocycles. The Balaban J connectivity index is 1.45. The lowest BCUT2D eigenvalue weighted by Crippen LogP contribution is -2.25. The van der Waals surface area contributed by atoms with Crippen LogP contribution in [0.2, 0.25) is 5.02 Å². The maximum absolute atomic E-state index is 13.9. The minimum absolute atomic E-state index is 0.0209. The Hall–Kier alpha value is -5.83. The number of nitrogens with zero attached hydrogens (tertiary/aromatic N) is 8. The third-order valence-electron chi connectivity index (χ3n) is 6.76. The second-order valence-corrected chi connectivity index (χ2v) is 10.7. The molecule has 0 aliphatic carbocycles. The van der Waals surface area contributed by atoms with E-state index < -0.39 is 48.8 Å². The summed E-state index contributed by atoms with van der Waals surface area (Å²) in [4.78, 5) is 32.1. The van der Waals surface area contributed by atoms with Gasteiger partial charge in [0.25, 0.3) is 11.7 Å². The molecule has 0 saturated carbocycles. The number of nitriles is 1. The molecule has 49 heavy (non-hydrogen) atoms. The van der Waals surface area contributed by atoms with Crippen LogP contribution < -0.4 is 10.1 Å². The van der Waals surface area contributed by atoms with Gasteiger partial charge >= 0.3 is 12.5 Å². The summed E-state index contributed by atoms with van der Waals surface area (Å²) in [6.07, 6.45) is -8.80. The lowest BCUT2D eigenvalue weighted by molar-refractivity contribution is -0.274. The fourth-order valence-electron chi connectivity index (χ4n) is 4.67. The highest BCUT2D eigenvalue weighted by Gasteiger charge is 2.37. The van der Waals surface area contributed by atoms with E-state index in [2.05, 4.69) is 35.5 Å². The Morgan fingerprint density at radius 1 is 1.04 bits per heavy atom. The number of amides is 1. The maximum atomic E-state index is 13.9. The molecule has 0 spiro atoms. The van der Waals surface area contributed by atoms with Gasteiger partial charge in [-0.2, -0.15) is 28.3 Å². The molecule has 252 valence electrons. The van der Waals surface area contributed by atoms with Crippen molar-refractivity contribution in [2.75, 3.05) is 0 Å². The van der Waals surface area contributed by atoms with Crippen LogP contribution in [0, 0.1) is 18.3 Å². The summed E-state index contributed by atoms with van der Waals surface area (Å²) in [5.74, 6) is -3.29. The predicted octanol–water partition coefficient (Wildman–Crippen LogP) is 5.41. The molecule has 19 heteroatoms. The summed E-state index contributed by atoms with van der Waals surface area (Å²) in [5.41, 5.74) is 0.864. The van der Waals surface area contributed by atoms with Crippen molar-refractivity contribution in [2.45, 2.75) is 39.0 Å². The topological polar surface area (TPSA) is 154 Å². The lowest BCUT2D eigenvalue weighted by atomic mass is 9.93. The van der Waals surface area contributed by atoms with Crippen molar-refractivity contribution in [3.63, 3.8) is 0 Å². The number of tetrazole rings is 1. The minimum atomic E-state index is -4.92. The van der Waals surface area contributed by atoms with E-state index in [-0.39, 0.29) is 51.0 Å². The van der Waals surface area contributed by atoms with E-state index in [1.54, 1.807) is 6.92 Å². The van der Waals surface area contributed by atoms with E-state index in [0.717, 1.165) is 16.8 Å². The monoisotopic (exact) mass is 703 g/mol. The van der Waals surface area contributed by atoms with Crippen LogP contribution in [0.15, 0.2) is 60.8 Å². The van der Waals surface area contributed by atoms with Crippen molar-refractivity contribution in [3.05, 3.63) is 111 Å². The second kappa shape index (κ2) is 13.7. The van der Waals surface area contributed by atoms with Gasteiger partial charge in [-0.15, -0.1) is 23.4 Å². The highest BCUT2D eigenvalue weighted by atomic mass is 35.5. The van der Waals surface area contributed by atoms with Gasteiger partial charge in [0, 0.05) is 24.7 Å². The molecule has 1 amide bonds. The molecular formula is C30H20ClF6N9O3. The number of ketones is 1. The highest BCUT2D eigenvalue weighted by Crippen LogP contribution is 2.27. The molecule has 0 aliphatic rings. The van der Waals surface area contributed by atoms with Crippen LogP contribution >= 0.6 is 11.6 Å². The summed E-state index contributed by atoms with van der Waals surface area (Å²) in [7, 11) is 0. The van der Waals surface area contributed by atoms with Crippen molar-refractivity contribution in [2.24, 2.45) is 0 Å². The summed E-state index contributed by atoms with van der Waals surface area (Å²) < 4.78 is 82.0. The van der Waals surface area contributed by atoms with Crippen molar-refractivity contribution in [3.8, 4) is 17.6 Å². The number of carbonyl (C=O) groups excluding carboxylic acids is 2. The molecule has 3 aromatic heterocycles. The van der Waals surface area contributed by atoms with Gasteiger partial charge in [0.1, 0.15) is 18.0 Å². The largest absolute Gasteiger partial charge is 0.573 e. The molecule has 0 unspecified atom stereocenters. The normalized spacial score (nSPS) is 11.7. The summed E-state index contributed by atoms with van der Waals surface area (Å²) in [6, 6.07) is 13.9. The zero-order valence-electron chi connectivity index (χ0n) is 24.8. The van der Waals surface area contributed by atoms with Gasteiger partial charge in [-0.1, -0.05) is 23.7 Å². The molecular weight excluding hydrogens is 684 g/mol. The molecule has 2 aromatic carbocycles. The van der Waals surface area contributed by atoms with Crippen LogP contribution in [0.4, 0.5) is 26.3 Å². The number of Topliss-reactive ketones (excluding diaryl/α,β-unsaturated/α-hetero) is 1. The average Bonchev–Trinajstić information content (AvgIpc) is 3.68. The number of halogens is 7. The molecule has 5 rings (SSSR count). The lowest BCUT2D eigenvalue weighted by Gasteiger charge is -2.15.